The highest BCUT2D eigenvalue weighted by molar-refractivity contribution is 6.30. The number of carbonyl (C=O) groups excluding carboxylic acids is 2. The number of likely N-dealkylation sites (tertiary alicyclic amines) is 1. The number of rotatable bonds is 9. The van der Waals surface area contributed by atoms with Gasteiger partial charge in [0, 0.05) is 52.4 Å². The topological polar surface area (TPSA) is 53.1 Å². The molecule has 0 unspecified atom stereocenters. The van der Waals surface area contributed by atoms with Gasteiger partial charge in [-0.2, -0.15) is 0 Å². The first kappa shape index (κ1) is 25.7. The molecule has 0 aromatic heterocycles. The molecule has 0 spiro atoms. The summed E-state index contributed by atoms with van der Waals surface area (Å²) in [6, 6.07) is 4.33. The number of nitrogens with zero attached hydrogens (tertiary/aromatic N) is 3. The molecular weight excluding hydrogens is 445 g/mol. The van der Waals surface area contributed by atoms with E-state index >= 15 is 0 Å². The van der Waals surface area contributed by atoms with Gasteiger partial charge in [0.25, 0.3) is 0 Å². The number of benzene rings is 1. The van der Waals surface area contributed by atoms with E-state index in [0.29, 0.717) is 37.5 Å². The quantitative estimate of drug-likeness (QED) is 0.400. The third-order valence-electron chi connectivity index (χ3n) is 6.52. The lowest BCUT2D eigenvalue weighted by molar-refractivity contribution is -0.130. The summed E-state index contributed by atoms with van der Waals surface area (Å²) < 4.78 is 18.5. The summed E-state index contributed by atoms with van der Waals surface area (Å²) in [4.78, 5) is 31.2. The van der Waals surface area contributed by atoms with Crippen molar-refractivity contribution in [2.75, 3.05) is 59.5 Å². The maximum Gasteiger partial charge on any atom is 0.246 e. The van der Waals surface area contributed by atoms with Crippen molar-refractivity contribution < 1.29 is 18.7 Å². The Balaban J connectivity index is 1.38. The van der Waals surface area contributed by atoms with Crippen molar-refractivity contribution >= 4 is 29.5 Å². The first-order valence-electron chi connectivity index (χ1n) is 11.9. The van der Waals surface area contributed by atoms with Crippen LogP contribution < -0.4 is 0 Å². The molecule has 33 heavy (non-hydrogen) atoms. The fraction of sp³-hybridized carbons (Fsp3) is 0.600. The summed E-state index contributed by atoms with van der Waals surface area (Å²) in [6.07, 6.45) is 7.87. The molecule has 8 heteroatoms. The van der Waals surface area contributed by atoms with Gasteiger partial charge in [0.15, 0.2) is 0 Å². The van der Waals surface area contributed by atoms with E-state index in [2.05, 4.69) is 4.90 Å². The van der Waals surface area contributed by atoms with Gasteiger partial charge in [0.1, 0.15) is 5.82 Å². The Morgan fingerprint density at radius 1 is 1.15 bits per heavy atom. The van der Waals surface area contributed by atoms with E-state index in [-0.39, 0.29) is 16.8 Å². The first-order chi connectivity index (χ1) is 16.0. The second-order valence-corrected chi connectivity index (χ2v) is 9.32. The monoisotopic (exact) mass is 479 g/mol. The van der Waals surface area contributed by atoms with Gasteiger partial charge in [0.2, 0.25) is 11.8 Å². The van der Waals surface area contributed by atoms with Crippen LogP contribution >= 0.6 is 11.6 Å². The SMILES string of the molecule is COCC1CCN(CCCCN2CCN(C(=O)/C=C/c3ccc(F)c(Cl)c3)CCC2=O)CC1. The van der Waals surface area contributed by atoms with Crippen LogP contribution in [0.5, 0.6) is 0 Å². The second kappa shape index (κ2) is 13.1. The van der Waals surface area contributed by atoms with Gasteiger partial charge >= 0.3 is 0 Å². The van der Waals surface area contributed by atoms with E-state index in [0.717, 1.165) is 45.6 Å². The molecule has 0 bridgehead atoms. The van der Waals surface area contributed by atoms with E-state index in [4.69, 9.17) is 16.3 Å². The Bertz CT molecular complexity index is 827. The molecule has 1 aromatic rings. The second-order valence-electron chi connectivity index (χ2n) is 8.91. The van der Waals surface area contributed by atoms with Crippen LogP contribution in [0.4, 0.5) is 4.39 Å². The van der Waals surface area contributed by atoms with Crippen LogP contribution in [0.2, 0.25) is 5.02 Å². The maximum atomic E-state index is 13.3. The Morgan fingerprint density at radius 3 is 2.64 bits per heavy atom. The number of methoxy groups -OCH3 is 1. The van der Waals surface area contributed by atoms with Crippen molar-refractivity contribution in [3.05, 3.63) is 40.7 Å². The zero-order chi connectivity index (χ0) is 23.6. The number of ether oxygens (including phenoxy) is 1. The highest BCUT2D eigenvalue weighted by atomic mass is 35.5. The predicted molar refractivity (Wildman–Crippen MR) is 128 cm³/mol. The molecule has 2 aliphatic heterocycles. The van der Waals surface area contributed by atoms with Gasteiger partial charge in [-0.3, -0.25) is 9.59 Å². The largest absolute Gasteiger partial charge is 0.384 e. The molecule has 2 heterocycles. The zero-order valence-corrected chi connectivity index (χ0v) is 20.2. The summed E-state index contributed by atoms with van der Waals surface area (Å²) in [5.41, 5.74) is 0.658. The highest BCUT2D eigenvalue weighted by Crippen LogP contribution is 2.18. The number of carbonyl (C=O) groups is 2. The smallest absolute Gasteiger partial charge is 0.246 e. The Morgan fingerprint density at radius 2 is 1.91 bits per heavy atom. The zero-order valence-electron chi connectivity index (χ0n) is 19.5. The summed E-state index contributed by atoms with van der Waals surface area (Å²) >= 11 is 5.79. The number of piperidine rings is 1. The van der Waals surface area contributed by atoms with Crippen LogP contribution in [0.3, 0.4) is 0 Å². The molecule has 3 rings (SSSR count). The lowest BCUT2D eigenvalue weighted by Gasteiger charge is -2.31. The normalized spacial score (nSPS) is 18.8. The molecule has 0 radical (unpaired) electrons. The summed E-state index contributed by atoms with van der Waals surface area (Å²) in [5, 5.41) is 0.0242. The molecule has 2 amide bonds. The van der Waals surface area contributed by atoms with Crippen molar-refractivity contribution in [2.45, 2.75) is 32.1 Å². The van der Waals surface area contributed by atoms with Gasteiger partial charge in [-0.05, 0) is 75.0 Å². The standard InChI is InChI=1S/C25H35ClFN3O3/c1-33-19-21-8-13-28(14-9-21)11-2-3-12-29-16-17-30(15-10-25(29)32)24(31)7-5-20-4-6-23(27)22(26)18-20/h4-7,18,21H,2-3,8-17,19H2,1H3/b7-5+. The van der Waals surface area contributed by atoms with Gasteiger partial charge in [-0.1, -0.05) is 17.7 Å². The Labute approximate surface area is 201 Å². The molecule has 0 aliphatic carbocycles. The molecule has 6 nitrogen and oxygen atoms in total. The predicted octanol–water partition coefficient (Wildman–Crippen LogP) is 3.69. The van der Waals surface area contributed by atoms with Crippen LogP contribution in [0.1, 0.15) is 37.7 Å². The average Bonchev–Trinajstić information content (AvgIpc) is 3.00. The summed E-state index contributed by atoms with van der Waals surface area (Å²) in [7, 11) is 1.77. The highest BCUT2D eigenvalue weighted by Gasteiger charge is 2.23. The van der Waals surface area contributed by atoms with Crippen LogP contribution in [-0.4, -0.2) is 86.0 Å². The average molecular weight is 480 g/mol. The summed E-state index contributed by atoms with van der Waals surface area (Å²) in [5.74, 6) is 0.162. The van der Waals surface area contributed by atoms with Crippen molar-refractivity contribution in [1.29, 1.82) is 0 Å². The fourth-order valence-corrected chi connectivity index (χ4v) is 4.65. The van der Waals surface area contributed by atoms with E-state index in [9.17, 15) is 14.0 Å². The number of amides is 2. The van der Waals surface area contributed by atoms with Crippen molar-refractivity contribution in [3.8, 4) is 0 Å². The lowest BCUT2D eigenvalue weighted by Crippen LogP contribution is -2.37. The molecule has 2 saturated heterocycles. The minimum Gasteiger partial charge on any atom is -0.384 e. The van der Waals surface area contributed by atoms with Crippen LogP contribution in [0.15, 0.2) is 24.3 Å². The van der Waals surface area contributed by atoms with Crippen molar-refractivity contribution in [2.24, 2.45) is 5.92 Å². The van der Waals surface area contributed by atoms with E-state index < -0.39 is 5.82 Å². The first-order valence-corrected chi connectivity index (χ1v) is 12.2. The Hall–Kier alpha value is -1.96. The van der Waals surface area contributed by atoms with Gasteiger partial charge in [-0.25, -0.2) is 4.39 Å². The van der Waals surface area contributed by atoms with Crippen LogP contribution in [0.25, 0.3) is 6.08 Å². The van der Waals surface area contributed by atoms with Crippen molar-refractivity contribution in [3.63, 3.8) is 0 Å². The number of hydrogen-bond acceptors (Lipinski definition) is 4. The Kier molecular flexibility index (Phi) is 10.2. The van der Waals surface area contributed by atoms with E-state index in [1.54, 1.807) is 24.2 Å². The number of unbranched alkanes of at least 4 members (excludes halogenated alkanes) is 1. The molecule has 2 aliphatic rings. The number of halogens is 2. The fourth-order valence-electron chi connectivity index (χ4n) is 4.46. The molecule has 0 saturated carbocycles. The van der Waals surface area contributed by atoms with Crippen LogP contribution in [-0.2, 0) is 14.3 Å². The van der Waals surface area contributed by atoms with Gasteiger partial charge < -0.3 is 19.4 Å². The lowest BCUT2D eigenvalue weighted by atomic mass is 9.97. The molecule has 0 N–H and O–H groups in total. The molecule has 1 aromatic carbocycles. The van der Waals surface area contributed by atoms with E-state index in [1.807, 2.05) is 4.90 Å². The molecular formula is C25H35ClFN3O3. The van der Waals surface area contributed by atoms with Crippen molar-refractivity contribution in [1.82, 2.24) is 14.7 Å². The summed E-state index contributed by atoms with van der Waals surface area (Å²) in [6.45, 7) is 6.43. The molecule has 2 fully saturated rings. The van der Waals surface area contributed by atoms with Gasteiger partial charge in [-0.15, -0.1) is 0 Å². The molecule has 182 valence electrons. The minimum atomic E-state index is -0.488. The minimum absolute atomic E-state index is 0.0242. The number of hydrogen-bond donors (Lipinski definition) is 0. The van der Waals surface area contributed by atoms with E-state index in [1.165, 1.54) is 31.1 Å². The van der Waals surface area contributed by atoms with Crippen LogP contribution in [0, 0.1) is 11.7 Å². The third-order valence-corrected chi connectivity index (χ3v) is 6.81. The van der Waals surface area contributed by atoms with Gasteiger partial charge in [0.05, 0.1) is 5.02 Å². The third kappa shape index (κ3) is 8.09. The molecule has 0 atom stereocenters. The maximum absolute atomic E-state index is 13.3.